The Morgan fingerprint density at radius 2 is 1.75 bits per heavy atom. The van der Waals surface area contributed by atoms with Gasteiger partial charge in [-0.1, -0.05) is 14.9 Å². The lowest BCUT2D eigenvalue weighted by Crippen LogP contribution is -2.50. The van der Waals surface area contributed by atoms with E-state index in [1.807, 2.05) is 0 Å². The van der Waals surface area contributed by atoms with Gasteiger partial charge in [0.1, 0.15) is 12.2 Å². The van der Waals surface area contributed by atoms with Crippen LogP contribution < -0.4 is 0 Å². The summed E-state index contributed by atoms with van der Waals surface area (Å²) in [6.07, 6.45) is -0.0344. The maximum Gasteiger partial charge on any atom is 0.239 e. The molecule has 0 spiro atoms. The summed E-state index contributed by atoms with van der Waals surface area (Å²) in [6, 6.07) is 0. The number of carbonyl (C=O) groups excluding carboxylic acids is 3. The van der Waals surface area contributed by atoms with Gasteiger partial charge in [0.15, 0.2) is 0 Å². The highest BCUT2D eigenvalue weighted by Gasteiger charge is 2.34. The lowest BCUT2D eigenvalue weighted by Gasteiger charge is -2.26. The van der Waals surface area contributed by atoms with Crippen LogP contribution in [0, 0.1) is 0 Å². The summed E-state index contributed by atoms with van der Waals surface area (Å²) in [4.78, 5) is 32.4. The number of hydrogen-bond donors (Lipinski definition) is 0. The smallest absolute Gasteiger partial charge is 0.239 e. The molecule has 4 heteroatoms. The van der Waals surface area contributed by atoms with Gasteiger partial charge in [-0.25, -0.2) is 0 Å². The predicted molar refractivity (Wildman–Crippen MR) is 45.5 cm³/mol. The van der Waals surface area contributed by atoms with Crippen LogP contribution in [0.15, 0.2) is 0 Å². The topological polar surface area (TPSA) is 54.5 Å². The third-order valence-electron chi connectivity index (χ3n) is 1.29. The summed E-state index contributed by atoms with van der Waals surface area (Å²) in [7, 11) is 0. The van der Waals surface area contributed by atoms with E-state index >= 15 is 0 Å². The minimum absolute atomic E-state index is 0. The summed E-state index contributed by atoms with van der Waals surface area (Å²) in [6.45, 7) is 1.29. The molecule has 0 aromatic heterocycles. The number of hydrogen-bond acceptors (Lipinski definition) is 3. The SMILES string of the molecule is C.C.CC(=O)CN1C(=O)CC1=O. The molecule has 70 valence electrons. The first-order valence-corrected chi connectivity index (χ1v) is 2.94. The summed E-state index contributed by atoms with van der Waals surface area (Å²) < 4.78 is 0. The van der Waals surface area contributed by atoms with Crippen LogP contribution in [0.5, 0.6) is 0 Å². The molecule has 1 heterocycles. The van der Waals surface area contributed by atoms with E-state index in [1.54, 1.807) is 0 Å². The highest BCUT2D eigenvalue weighted by atomic mass is 16.2. The summed E-state index contributed by atoms with van der Waals surface area (Å²) in [5, 5.41) is 0. The maximum absolute atomic E-state index is 10.5. The second kappa shape index (κ2) is 4.64. The maximum atomic E-state index is 10.5. The first kappa shape index (κ1) is 13.4. The van der Waals surface area contributed by atoms with Crippen LogP contribution >= 0.6 is 0 Å². The Kier molecular flexibility index (Phi) is 5.18. The van der Waals surface area contributed by atoms with Crippen molar-refractivity contribution in [3.63, 3.8) is 0 Å². The van der Waals surface area contributed by atoms with E-state index < -0.39 is 0 Å². The van der Waals surface area contributed by atoms with Crippen molar-refractivity contribution in [3.05, 3.63) is 0 Å². The number of Topliss-reactive ketones (excluding diaryl/α,β-unsaturated/α-hetero) is 1. The molecule has 0 N–H and O–H groups in total. The van der Waals surface area contributed by atoms with E-state index in [9.17, 15) is 14.4 Å². The van der Waals surface area contributed by atoms with Crippen molar-refractivity contribution in [3.8, 4) is 0 Å². The fourth-order valence-electron chi connectivity index (χ4n) is 0.767. The number of imide groups is 1. The van der Waals surface area contributed by atoms with Crippen LogP contribution in [0.2, 0.25) is 0 Å². The van der Waals surface area contributed by atoms with Crippen molar-refractivity contribution in [2.75, 3.05) is 6.54 Å². The molecule has 0 saturated carbocycles. The summed E-state index contributed by atoms with van der Waals surface area (Å²) >= 11 is 0. The zero-order valence-corrected chi connectivity index (χ0v) is 5.59. The third-order valence-corrected chi connectivity index (χ3v) is 1.29. The number of nitrogens with zero attached hydrogens (tertiary/aromatic N) is 1. The molecular weight excluding hydrogens is 158 g/mol. The molecule has 2 amide bonds. The lowest BCUT2D eigenvalue weighted by molar-refractivity contribution is -0.159. The van der Waals surface area contributed by atoms with Crippen LogP contribution in [0.3, 0.4) is 0 Å². The summed E-state index contributed by atoms with van der Waals surface area (Å²) in [5.41, 5.74) is 0. The van der Waals surface area contributed by atoms with Crippen molar-refractivity contribution in [2.24, 2.45) is 0 Å². The molecule has 0 atom stereocenters. The van der Waals surface area contributed by atoms with Gasteiger partial charge in [0.25, 0.3) is 0 Å². The Balaban J connectivity index is 0. The molecule has 1 aliphatic rings. The van der Waals surface area contributed by atoms with E-state index in [0.717, 1.165) is 4.90 Å². The molecular formula is C8H15NO3. The first-order valence-electron chi connectivity index (χ1n) is 2.94. The number of amides is 2. The highest BCUT2D eigenvalue weighted by Crippen LogP contribution is 2.09. The molecule has 0 bridgehead atoms. The van der Waals surface area contributed by atoms with Crippen LogP contribution in [0.4, 0.5) is 0 Å². The van der Waals surface area contributed by atoms with Gasteiger partial charge in [0.05, 0.1) is 6.54 Å². The molecule has 0 unspecified atom stereocenters. The minimum Gasteiger partial charge on any atom is -0.298 e. The van der Waals surface area contributed by atoms with Gasteiger partial charge in [-0.2, -0.15) is 0 Å². The van der Waals surface area contributed by atoms with Crippen molar-refractivity contribution in [1.82, 2.24) is 4.90 Å². The molecule has 1 saturated heterocycles. The number of β-lactam (4-membered cyclic amide) rings is 2. The molecule has 0 aromatic carbocycles. The third kappa shape index (κ3) is 2.45. The average molecular weight is 173 g/mol. The molecule has 1 aliphatic heterocycles. The molecule has 0 aromatic rings. The Hall–Kier alpha value is -1.19. The van der Waals surface area contributed by atoms with E-state index in [4.69, 9.17) is 0 Å². The van der Waals surface area contributed by atoms with E-state index in [2.05, 4.69) is 0 Å². The van der Waals surface area contributed by atoms with E-state index in [0.29, 0.717) is 0 Å². The van der Waals surface area contributed by atoms with Gasteiger partial charge in [-0.3, -0.25) is 19.3 Å². The Labute approximate surface area is 72.5 Å². The van der Waals surface area contributed by atoms with Gasteiger partial charge in [0.2, 0.25) is 11.8 Å². The summed E-state index contributed by atoms with van der Waals surface area (Å²) in [5.74, 6) is -0.665. The fourth-order valence-corrected chi connectivity index (χ4v) is 0.767. The minimum atomic E-state index is -0.250. The molecule has 4 nitrogen and oxygen atoms in total. The lowest BCUT2D eigenvalue weighted by atomic mass is 10.2. The number of rotatable bonds is 2. The predicted octanol–water partition coefficient (Wildman–Crippen LogP) is 0.606. The van der Waals surface area contributed by atoms with Crippen LogP contribution in [-0.4, -0.2) is 29.0 Å². The molecule has 0 radical (unpaired) electrons. The zero-order valence-electron chi connectivity index (χ0n) is 5.59. The van der Waals surface area contributed by atoms with Crippen molar-refractivity contribution in [1.29, 1.82) is 0 Å². The largest absolute Gasteiger partial charge is 0.298 e. The van der Waals surface area contributed by atoms with Gasteiger partial charge in [-0.15, -0.1) is 0 Å². The van der Waals surface area contributed by atoms with Gasteiger partial charge < -0.3 is 0 Å². The monoisotopic (exact) mass is 173 g/mol. The van der Waals surface area contributed by atoms with E-state index in [1.165, 1.54) is 6.92 Å². The molecule has 1 fully saturated rings. The van der Waals surface area contributed by atoms with E-state index in [-0.39, 0.29) is 45.4 Å². The standard InChI is InChI=1S/C6H7NO3.2CH4/c1-4(8)3-7-5(9)2-6(7)10;;/h2-3H2,1H3;2*1H4. The van der Waals surface area contributed by atoms with Crippen LogP contribution in [-0.2, 0) is 14.4 Å². The Morgan fingerprint density at radius 3 is 1.92 bits per heavy atom. The van der Waals surface area contributed by atoms with Crippen LogP contribution in [0.25, 0.3) is 0 Å². The van der Waals surface area contributed by atoms with Crippen molar-refractivity contribution >= 4 is 17.6 Å². The molecule has 1 rings (SSSR count). The second-order valence-corrected chi connectivity index (χ2v) is 2.25. The molecule has 12 heavy (non-hydrogen) atoms. The number of likely N-dealkylation sites (tertiary alicyclic amines) is 1. The second-order valence-electron chi connectivity index (χ2n) is 2.25. The van der Waals surface area contributed by atoms with Crippen molar-refractivity contribution in [2.45, 2.75) is 28.2 Å². The normalized spacial score (nSPS) is 14.2. The highest BCUT2D eigenvalue weighted by molar-refractivity contribution is 6.16. The Morgan fingerprint density at radius 1 is 1.33 bits per heavy atom. The quantitative estimate of drug-likeness (QED) is 0.454. The molecule has 0 aliphatic carbocycles. The van der Waals surface area contributed by atoms with Gasteiger partial charge in [-0.05, 0) is 6.92 Å². The van der Waals surface area contributed by atoms with Crippen molar-refractivity contribution < 1.29 is 14.4 Å². The Bertz CT molecular complexity index is 196. The number of carbonyl (C=O) groups is 3. The fraction of sp³-hybridized carbons (Fsp3) is 0.625. The van der Waals surface area contributed by atoms with Gasteiger partial charge in [0, 0.05) is 0 Å². The first-order chi connectivity index (χ1) is 4.61. The zero-order chi connectivity index (χ0) is 7.72. The van der Waals surface area contributed by atoms with Gasteiger partial charge >= 0.3 is 0 Å². The number of ketones is 1. The van der Waals surface area contributed by atoms with Crippen LogP contribution in [0.1, 0.15) is 28.2 Å². The average Bonchev–Trinajstić information content (AvgIpc) is 1.84.